The predicted molar refractivity (Wildman–Crippen MR) is 105 cm³/mol. The van der Waals surface area contributed by atoms with Crippen LogP contribution in [-0.4, -0.2) is 81.0 Å². The van der Waals surface area contributed by atoms with Crippen LogP contribution in [0.3, 0.4) is 0 Å². The molecule has 3 aliphatic rings. The number of anilines is 1. The van der Waals surface area contributed by atoms with Gasteiger partial charge in [-0.3, -0.25) is 4.79 Å². The van der Waals surface area contributed by atoms with Gasteiger partial charge in [0, 0.05) is 51.4 Å². The Hall–Kier alpha value is -1.71. The average molecular weight is 409 g/mol. The number of aromatic nitrogens is 1. The van der Waals surface area contributed by atoms with Gasteiger partial charge in [-0.2, -0.15) is 4.31 Å². The van der Waals surface area contributed by atoms with E-state index in [1.807, 2.05) is 4.90 Å². The standard InChI is InChI=1S/C19H28N4O4S/c24-19(22-11-13-27-14-12-22)16-5-9-21(10-6-16)18-4-3-17(15-20-18)28(25,26)23-7-1-2-8-23/h3-4,15-16H,1-2,5-14H2. The summed E-state index contributed by atoms with van der Waals surface area (Å²) in [6, 6.07) is 3.44. The van der Waals surface area contributed by atoms with Crippen LogP contribution >= 0.6 is 0 Å². The SMILES string of the molecule is O=C(C1CCN(c2ccc(S(=O)(=O)N3CCCC3)cn2)CC1)N1CCOCC1. The lowest BCUT2D eigenvalue weighted by atomic mass is 9.95. The molecule has 3 fully saturated rings. The molecule has 154 valence electrons. The molecule has 0 saturated carbocycles. The fourth-order valence-electron chi connectivity index (χ4n) is 4.19. The minimum Gasteiger partial charge on any atom is -0.378 e. The Bertz CT molecular complexity index is 779. The van der Waals surface area contributed by atoms with Crippen molar-refractivity contribution in [3.05, 3.63) is 18.3 Å². The maximum Gasteiger partial charge on any atom is 0.244 e. The number of ether oxygens (including phenoxy) is 1. The van der Waals surface area contributed by atoms with Crippen molar-refractivity contribution >= 4 is 21.7 Å². The van der Waals surface area contributed by atoms with E-state index in [0.717, 1.165) is 44.6 Å². The largest absolute Gasteiger partial charge is 0.378 e. The van der Waals surface area contributed by atoms with Crippen molar-refractivity contribution in [2.24, 2.45) is 5.92 Å². The highest BCUT2D eigenvalue weighted by atomic mass is 32.2. The summed E-state index contributed by atoms with van der Waals surface area (Å²) in [5, 5.41) is 0. The molecule has 8 nitrogen and oxygen atoms in total. The van der Waals surface area contributed by atoms with Gasteiger partial charge in [0.2, 0.25) is 15.9 Å². The molecule has 0 bridgehead atoms. The van der Waals surface area contributed by atoms with Crippen molar-refractivity contribution in [2.45, 2.75) is 30.6 Å². The summed E-state index contributed by atoms with van der Waals surface area (Å²) in [5.74, 6) is 1.07. The molecule has 4 heterocycles. The van der Waals surface area contributed by atoms with Crippen molar-refractivity contribution in [1.29, 1.82) is 0 Å². The molecule has 0 N–H and O–H groups in total. The lowest BCUT2D eigenvalue weighted by Gasteiger charge is -2.36. The van der Waals surface area contributed by atoms with Gasteiger partial charge in [-0.05, 0) is 37.8 Å². The number of morpholine rings is 1. The maximum atomic E-state index is 12.6. The van der Waals surface area contributed by atoms with Gasteiger partial charge in [0.25, 0.3) is 0 Å². The Morgan fingerprint density at radius 1 is 1.00 bits per heavy atom. The third-order valence-corrected chi connectivity index (χ3v) is 7.80. The molecule has 0 unspecified atom stereocenters. The number of sulfonamides is 1. The third-order valence-electron chi connectivity index (χ3n) is 5.91. The molecule has 9 heteroatoms. The van der Waals surface area contributed by atoms with Crippen LogP contribution in [0, 0.1) is 5.92 Å². The maximum absolute atomic E-state index is 12.6. The topological polar surface area (TPSA) is 83.1 Å². The van der Waals surface area contributed by atoms with E-state index in [4.69, 9.17) is 4.74 Å². The van der Waals surface area contributed by atoms with E-state index in [-0.39, 0.29) is 16.7 Å². The number of nitrogens with zero attached hydrogens (tertiary/aromatic N) is 4. The Morgan fingerprint density at radius 2 is 1.68 bits per heavy atom. The molecule has 0 aromatic carbocycles. The van der Waals surface area contributed by atoms with E-state index in [0.29, 0.717) is 39.4 Å². The van der Waals surface area contributed by atoms with Crippen molar-refractivity contribution in [3.63, 3.8) is 0 Å². The Labute approximate surface area is 166 Å². The molecule has 3 aliphatic heterocycles. The zero-order chi connectivity index (χ0) is 19.6. The number of pyridine rings is 1. The molecule has 0 spiro atoms. The molecule has 4 rings (SSSR count). The van der Waals surface area contributed by atoms with Crippen LogP contribution in [0.1, 0.15) is 25.7 Å². The van der Waals surface area contributed by atoms with Crippen molar-refractivity contribution in [3.8, 4) is 0 Å². The second-order valence-electron chi connectivity index (χ2n) is 7.66. The molecule has 28 heavy (non-hydrogen) atoms. The molecule has 0 atom stereocenters. The number of hydrogen-bond donors (Lipinski definition) is 0. The van der Waals surface area contributed by atoms with Crippen molar-refractivity contribution < 1.29 is 17.9 Å². The molecular weight excluding hydrogens is 380 g/mol. The molecule has 1 aromatic heterocycles. The lowest BCUT2D eigenvalue weighted by molar-refractivity contribution is -0.140. The first-order chi connectivity index (χ1) is 13.6. The minimum atomic E-state index is -3.43. The third kappa shape index (κ3) is 4.01. The highest BCUT2D eigenvalue weighted by molar-refractivity contribution is 7.89. The van der Waals surface area contributed by atoms with E-state index in [9.17, 15) is 13.2 Å². The fraction of sp³-hybridized carbons (Fsp3) is 0.684. The second-order valence-corrected chi connectivity index (χ2v) is 9.60. The predicted octanol–water partition coefficient (Wildman–Crippen LogP) is 0.941. The second kappa shape index (κ2) is 8.34. The smallest absolute Gasteiger partial charge is 0.244 e. The first-order valence-electron chi connectivity index (χ1n) is 10.1. The summed E-state index contributed by atoms with van der Waals surface area (Å²) >= 11 is 0. The highest BCUT2D eigenvalue weighted by Crippen LogP contribution is 2.26. The summed E-state index contributed by atoms with van der Waals surface area (Å²) in [4.78, 5) is 21.4. The van der Waals surface area contributed by atoms with Gasteiger partial charge < -0.3 is 14.5 Å². The summed E-state index contributed by atoms with van der Waals surface area (Å²) in [7, 11) is -3.43. The normalized spacial score (nSPS) is 22.6. The minimum absolute atomic E-state index is 0.0594. The van der Waals surface area contributed by atoms with E-state index < -0.39 is 10.0 Å². The number of amides is 1. The zero-order valence-corrected chi connectivity index (χ0v) is 16.9. The Balaban J connectivity index is 1.35. The van der Waals surface area contributed by atoms with Gasteiger partial charge in [0.15, 0.2) is 0 Å². The molecule has 1 amide bonds. The molecule has 0 radical (unpaired) electrons. The van der Waals surface area contributed by atoms with Gasteiger partial charge in [0.05, 0.1) is 13.2 Å². The lowest BCUT2D eigenvalue weighted by Crippen LogP contribution is -2.46. The van der Waals surface area contributed by atoms with E-state index in [2.05, 4.69) is 9.88 Å². The molecule has 3 saturated heterocycles. The van der Waals surface area contributed by atoms with Gasteiger partial charge >= 0.3 is 0 Å². The van der Waals surface area contributed by atoms with Crippen LogP contribution in [-0.2, 0) is 19.6 Å². The van der Waals surface area contributed by atoms with Gasteiger partial charge in [0.1, 0.15) is 10.7 Å². The van der Waals surface area contributed by atoms with Crippen LogP contribution in [0.15, 0.2) is 23.2 Å². The molecule has 1 aromatic rings. The summed E-state index contributed by atoms with van der Waals surface area (Å²) in [5.41, 5.74) is 0. The summed E-state index contributed by atoms with van der Waals surface area (Å²) in [6.45, 7) is 5.32. The molecular formula is C19H28N4O4S. The monoisotopic (exact) mass is 408 g/mol. The van der Waals surface area contributed by atoms with Crippen molar-refractivity contribution in [1.82, 2.24) is 14.2 Å². The number of piperidine rings is 1. The zero-order valence-electron chi connectivity index (χ0n) is 16.1. The highest BCUT2D eigenvalue weighted by Gasteiger charge is 2.31. The van der Waals surface area contributed by atoms with Crippen LogP contribution in [0.4, 0.5) is 5.82 Å². The summed E-state index contributed by atoms with van der Waals surface area (Å²) in [6.07, 6.45) is 4.90. The van der Waals surface area contributed by atoms with Crippen molar-refractivity contribution in [2.75, 3.05) is 57.4 Å². The number of rotatable bonds is 4. The van der Waals surface area contributed by atoms with Crippen LogP contribution in [0.5, 0.6) is 0 Å². The number of hydrogen-bond acceptors (Lipinski definition) is 6. The van der Waals surface area contributed by atoms with Crippen LogP contribution < -0.4 is 4.90 Å². The van der Waals surface area contributed by atoms with E-state index in [1.54, 1.807) is 12.1 Å². The average Bonchev–Trinajstić information content (AvgIpc) is 3.30. The Morgan fingerprint density at radius 3 is 2.29 bits per heavy atom. The first-order valence-corrected chi connectivity index (χ1v) is 11.6. The first kappa shape index (κ1) is 19.6. The van der Waals surface area contributed by atoms with Gasteiger partial charge in [-0.1, -0.05) is 0 Å². The quantitative estimate of drug-likeness (QED) is 0.737. The molecule has 0 aliphatic carbocycles. The van der Waals surface area contributed by atoms with Gasteiger partial charge in [-0.25, -0.2) is 13.4 Å². The van der Waals surface area contributed by atoms with Crippen LogP contribution in [0.2, 0.25) is 0 Å². The van der Waals surface area contributed by atoms with Crippen LogP contribution in [0.25, 0.3) is 0 Å². The van der Waals surface area contributed by atoms with Gasteiger partial charge in [-0.15, -0.1) is 0 Å². The summed E-state index contributed by atoms with van der Waals surface area (Å²) < 4.78 is 32.1. The van der Waals surface area contributed by atoms with E-state index in [1.165, 1.54) is 10.5 Å². The fourth-order valence-corrected chi connectivity index (χ4v) is 5.65. The Kier molecular flexibility index (Phi) is 5.84. The number of carbonyl (C=O) groups excluding carboxylic acids is 1. The number of carbonyl (C=O) groups is 1. The van der Waals surface area contributed by atoms with E-state index >= 15 is 0 Å².